The number of pyridine rings is 1. The van der Waals surface area contributed by atoms with Crippen molar-refractivity contribution in [2.75, 3.05) is 32.7 Å². The van der Waals surface area contributed by atoms with Crippen molar-refractivity contribution in [3.8, 4) is 5.75 Å². The lowest BCUT2D eigenvalue weighted by molar-refractivity contribution is 0.116. The average molecular weight is 249 g/mol. The molecule has 1 saturated heterocycles. The van der Waals surface area contributed by atoms with Crippen LogP contribution in [-0.2, 0) is 6.54 Å². The Labute approximate surface area is 109 Å². The summed E-state index contributed by atoms with van der Waals surface area (Å²) in [6, 6.07) is 3.60. The topological polar surface area (TPSA) is 39.6 Å². The molecule has 18 heavy (non-hydrogen) atoms. The fourth-order valence-corrected chi connectivity index (χ4v) is 2.39. The third-order valence-electron chi connectivity index (χ3n) is 3.28. The summed E-state index contributed by atoms with van der Waals surface area (Å²) in [6.07, 6.45) is 1.52. The van der Waals surface area contributed by atoms with Crippen LogP contribution in [0.1, 0.15) is 19.5 Å². The lowest BCUT2D eigenvalue weighted by atomic mass is 10.2. The zero-order valence-electron chi connectivity index (χ0n) is 11.3. The molecule has 1 aliphatic rings. The first kappa shape index (κ1) is 13.3. The van der Waals surface area contributed by atoms with Gasteiger partial charge in [0.05, 0.1) is 11.9 Å². The molecule has 4 nitrogen and oxygen atoms in total. The molecule has 0 bridgehead atoms. The molecule has 1 aliphatic heterocycles. The third kappa shape index (κ3) is 3.96. The number of aromatic hydroxyl groups is 1. The van der Waals surface area contributed by atoms with Gasteiger partial charge in [-0.15, -0.1) is 0 Å². The highest BCUT2D eigenvalue weighted by Crippen LogP contribution is 2.11. The molecule has 2 heterocycles. The standard InChI is InChI=1S/C14H23N3O/c1-12(2)10-16-5-7-17(8-6-16)11-13-3-4-14(18)9-15-13/h3-4,9,12,18H,5-8,10-11H2,1-2H3. The Kier molecular flexibility index (Phi) is 4.55. The predicted molar refractivity (Wildman–Crippen MR) is 72.5 cm³/mol. The Bertz CT molecular complexity index is 356. The van der Waals surface area contributed by atoms with Gasteiger partial charge in [0.1, 0.15) is 5.75 Å². The minimum Gasteiger partial charge on any atom is -0.506 e. The smallest absolute Gasteiger partial charge is 0.133 e. The van der Waals surface area contributed by atoms with E-state index in [0.29, 0.717) is 0 Å². The Balaban J connectivity index is 1.78. The number of aromatic nitrogens is 1. The van der Waals surface area contributed by atoms with E-state index in [2.05, 4.69) is 28.6 Å². The van der Waals surface area contributed by atoms with Gasteiger partial charge in [0.15, 0.2) is 0 Å². The van der Waals surface area contributed by atoms with Gasteiger partial charge >= 0.3 is 0 Å². The predicted octanol–water partition coefficient (Wildman–Crippen LogP) is 1.56. The van der Waals surface area contributed by atoms with Crippen LogP contribution < -0.4 is 0 Å². The highest BCUT2D eigenvalue weighted by molar-refractivity contribution is 5.17. The second-order valence-electron chi connectivity index (χ2n) is 5.48. The van der Waals surface area contributed by atoms with Gasteiger partial charge in [0.2, 0.25) is 0 Å². The minimum absolute atomic E-state index is 0.237. The number of piperazine rings is 1. The van der Waals surface area contributed by atoms with Crippen molar-refractivity contribution >= 4 is 0 Å². The van der Waals surface area contributed by atoms with E-state index < -0.39 is 0 Å². The Morgan fingerprint density at radius 1 is 1.17 bits per heavy atom. The molecule has 0 aromatic carbocycles. The molecule has 4 heteroatoms. The second kappa shape index (κ2) is 6.16. The van der Waals surface area contributed by atoms with Crippen molar-refractivity contribution < 1.29 is 5.11 Å². The average Bonchev–Trinajstić information content (AvgIpc) is 2.34. The maximum Gasteiger partial charge on any atom is 0.133 e. The summed E-state index contributed by atoms with van der Waals surface area (Å²) >= 11 is 0. The van der Waals surface area contributed by atoms with Crippen molar-refractivity contribution in [2.24, 2.45) is 5.92 Å². The normalized spacial score (nSPS) is 18.4. The summed E-state index contributed by atoms with van der Waals surface area (Å²) in [7, 11) is 0. The van der Waals surface area contributed by atoms with Crippen LogP contribution in [0.4, 0.5) is 0 Å². The van der Waals surface area contributed by atoms with Crippen LogP contribution in [-0.4, -0.2) is 52.6 Å². The van der Waals surface area contributed by atoms with Crippen LogP contribution in [0.5, 0.6) is 5.75 Å². The van der Waals surface area contributed by atoms with Crippen LogP contribution in [0.2, 0.25) is 0 Å². The summed E-state index contributed by atoms with van der Waals surface area (Å²) < 4.78 is 0. The van der Waals surface area contributed by atoms with Gasteiger partial charge in [-0.2, -0.15) is 0 Å². The molecular formula is C14H23N3O. The van der Waals surface area contributed by atoms with Crippen molar-refractivity contribution in [3.05, 3.63) is 24.0 Å². The van der Waals surface area contributed by atoms with Gasteiger partial charge in [0.25, 0.3) is 0 Å². The van der Waals surface area contributed by atoms with E-state index >= 15 is 0 Å². The molecule has 100 valence electrons. The molecule has 0 amide bonds. The zero-order chi connectivity index (χ0) is 13.0. The van der Waals surface area contributed by atoms with E-state index in [1.807, 2.05) is 6.07 Å². The first-order valence-corrected chi connectivity index (χ1v) is 6.72. The maximum atomic E-state index is 9.20. The Hall–Kier alpha value is -1.13. The SMILES string of the molecule is CC(C)CN1CCN(Cc2ccc(O)cn2)CC1. The van der Waals surface area contributed by atoms with Crippen LogP contribution >= 0.6 is 0 Å². The van der Waals surface area contributed by atoms with Crippen molar-refractivity contribution in [3.63, 3.8) is 0 Å². The van der Waals surface area contributed by atoms with Crippen molar-refractivity contribution in [1.29, 1.82) is 0 Å². The Morgan fingerprint density at radius 2 is 1.83 bits per heavy atom. The highest BCUT2D eigenvalue weighted by Gasteiger charge is 2.17. The summed E-state index contributed by atoms with van der Waals surface area (Å²) in [5.41, 5.74) is 1.03. The van der Waals surface area contributed by atoms with Gasteiger partial charge in [-0.05, 0) is 18.1 Å². The van der Waals surface area contributed by atoms with Crippen LogP contribution in [0.3, 0.4) is 0 Å². The fraction of sp³-hybridized carbons (Fsp3) is 0.643. The maximum absolute atomic E-state index is 9.20. The molecule has 1 fully saturated rings. The van der Waals surface area contributed by atoms with Crippen molar-refractivity contribution in [2.45, 2.75) is 20.4 Å². The molecule has 0 radical (unpaired) electrons. The molecule has 1 N–H and O–H groups in total. The van der Waals surface area contributed by atoms with Gasteiger partial charge in [0, 0.05) is 39.3 Å². The molecule has 0 saturated carbocycles. The lowest BCUT2D eigenvalue weighted by Crippen LogP contribution is -2.46. The number of hydrogen-bond donors (Lipinski definition) is 1. The van der Waals surface area contributed by atoms with Crippen LogP contribution in [0, 0.1) is 5.92 Å². The van der Waals surface area contributed by atoms with E-state index in [-0.39, 0.29) is 5.75 Å². The van der Waals surface area contributed by atoms with Gasteiger partial charge in [-0.1, -0.05) is 13.8 Å². The largest absolute Gasteiger partial charge is 0.506 e. The summed E-state index contributed by atoms with van der Waals surface area (Å²) in [4.78, 5) is 9.19. The van der Waals surface area contributed by atoms with E-state index in [0.717, 1.165) is 44.3 Å². The third-order valence-corrected chi connectivity index (χ3v) is 3.28. The minimum atomic E-state index is 0.237. The monoisotopic (exact) mass is 249 g/mol. The summed E-state index contributed by atoms with van der Waals surface area (Å²) in [5.74, 6) is 0.982. The zero-order valence-corrected chi connectivity index (χ0v) is 11.3. The van der Waals surface area contributed by atoms with Gasteiger partial charge in [-0.25, -0.2) is 0 Å². The van der Waals surface area contributed by atoms with E-state index in [1.165, 1.54) is 12.7 Å². The van der Waals surface area contributed by atoms with E-state index in [4.69, 9.17) is 0 Å². The summed E-state index contributed by atoms with van der Waals surface area (Å²) in [6.45, 7) is 11.1. The van der Waals surface area contributed by atoms with Crippen LogP contribution in [0.15, 0.2) is 18.3 Å². The van der Waals surface area contributed by atoms with Crippen molar-refractivity contribution in [1.82, 2.24) is 14.8 Å². The first-order valence-electron chi connectivity index (χ1n) is 6.72. The molecular weight excluding hydrogens is 226 g/mol. The molecule has 2 rings (SSSR count). The van der Waals surface area contributed by atoms with Crippen LogP contribution in [0.25, 0.3) is 0 Å². The van der Waals surface area contributed by atoms with E-state index in [1.54, 1.807) is 6.07 Å². The molecule has 0 atom stereocenters. The first-order chi connectivity index (χ1) is 8.63. The number of rotatable bonds is 4. The quantitative estimate of drug-likeness (QED) is 0.879. The fourth-order valence-electron chi connectivity index (χ4n) is 2.39. The van der Waals surface area contributed by atoms with Gasteiger partial charge in [-0.3, -0.25) is 9.88 Å². The molecule has 0 spiro atoms. The second-order valence-corrected chi connectivity index (χ2v) is 5.48. The molecule has 1 aromatic rings. The van der Waals surface area contributed by atoms with Gasteiger partial charge < -0.3 is 10.0 Å². The number of nitrogens with zero attached hydrogens (tertiary/aromatic N) is 3. The highest BCUT2D eigenvalue weighted by atomic mass is 16.3. The molecule has 1 aromatic heterocycles. The molecule has 0 aliphatic carbocycles. The summed E-state index contributed by atoms with van der Waals surface area (Å²) in [5, 5.41) is 9.20. The molecule has 0 unspecified atom stereocenters. The lowest BCUT2D eigenvalue weighted by Gasteiger charge is -2.35. The number of hydrogen-bond acceptors (Lipinski definition) is 4. The van der Waals surface area contributed by atoms with E-state index in [9.17, 15) is 5.11 Å². The Morgan fingerprint density at radius 3 is 2.39 bits per heavy atom.